The highest BCUT2D eigenvalue weighted by Gasteiger charge is 2.51. The van der Waals surface area contributed by atoms with Gasteiger partial charge in [0.05, 0.1) is 0 Å². The molecule has 0 aromatic heterocycles. The molecule has 0 fully saturated rings. The Labute approximate surface area is 152 Å². The van der Waals surface area contributed by atoms with Crippen LogP contribution in [0.2, 0.25) is 0 Å². The minimum absolute atomic E-state index is 0.230. The monoisotopic (exact) mass is 352 g/mol. The van der Waals surface area contributed by atoms with Gasteiger partial charge >= 0.3 is 11.9 Å². The number of rotatable bonds is 13. The molecule has 2 atom stereocenters. The van der Waals surface area contributed by atoms with Crippen molar-refractivity contribution in [3.63, 3.8) is 0 Å². The predicted octanol–water partition coefficient (Wildman–Crippen LogP) is 5.67. The van der Waals surface area contributed by atoms with Crippen molar-refractivity contribution in [3.8, 4) is 0 Å². The van der Waals surface area contributed by atoms with Gasteiger partial charge in [-0.1, -0.05) is 77.4 Å². The molecular formula is C21H36O4. The molecule has 0 spiro atoms. The minimum Gasteiger partial charge on any atom is -0.480 e. The van der Waals surface area contributed by atoms with Crippen LogP contribution in [-0.2, 0) is 9.59 Å². The molecule has 1 aliphatic rings. The first-order valence-electron chi connectivity index (χ1n) is 10.1. The van der Waals surface area contributed by atoms with Gasteiger partial charge in [0.2, 0.25) is 0 Å². The Balaban J connectivity index is 2.73. The lowest BCUT2D eigenvalue weighted by Gasteiger charge is -2.35. The van der Waals surface area contributed by atoms with E-state index in [0.717, 1.165) is 32.1 Å². The average Bonchev–Trinajstić information content (AvgIpc) is 2.59. The lowest BCUT2D eigenvalue weighted by molar-refractivity contribution is -0.169. The summed E-state index contributed by atoms with van der Waals surface area (Å²) in [4.78, 5) is 23.9. The van der Waals surface area contributed by atoms with Crippen LogP contribution >= 0.6 is 0 Å². The quantitative estimate of drug-likeness (QED) is 0.254. The molecule has 0 radical (unpaired) electrons. The number of carboxylic acid groups (broad SMARTS) is 2. The van der Waals surface area contributed by atoms with Crippen LogP contribution in [0.1, 0.15) is 90.9 Å². The molecule has 0 saturated heterocycles. The summed E-state index contributed by atoms with van der Waals surface area (Å²) in [6.07, 6.45) is 15.5. The Morgan fingerprint density at radius 1 is 0.880 bits per heavy atom. The van der Waals surface area contributed by atoms with Gasteiger partial charge in [0.1, 0.15) is 0 Å². The number of hydrogen-bond donors (Lipinski definition) is 2. The molecule has 1 aliphatic carbocycles. The molecule has 0 saturated carbocycles. The smallest absolute Gasteiger partial charge is 0.321 e. The highest BCUT2D eigenvalue weighted by Crippen LogP contribution is 2.42. The lowest BCUT2D eigenvalue weighted by Crippen LogP contribution is -2.46. The van der Waals surface area contributed by atoms with Crippen molar-refractivity contribution >= 4 is 11.9 Å². The van der Waals surface area contributed by atoms with Crippen molar-refractivity contribution in [2.75, 3.05) is 0 Å². The van der Waals surface area contributed by atoms with E-state index in [1.165, 1.54) is 25.7 Å². The third kappa shape index (κ3) is 6.16. The molecule has 0 bridgehead atoms. The fourth-order valence-electron chi connectivity index (χ4n) is 4.00. The van der Waals surface area contributed by atoms with Crippen LogP contribution in [0.5, 0.6) is 0 Å². The van der Waals surface area contributed by atoms with E-state index in [2.05, 4.69) is 19.9 Å². The Hall–Kier alpha value is -1.32. The fourth-order valence-corrected chi connectivity index (χ4v) is 4.00. The molecule has 4 nitrogen and oxygen atoms in total. The van der Waals surface area contributed by atoms with Gasteiger partial charge in [0.25, 0.3) is 0 Å². The van der Waals surface area contributed by atoms with E-state index in [-0.39, 0.29) is 6.42 Å². The number of aliphatic carboxylic acids is 2. The van der Waals surface area contributed by atoms with Gasteiger partial charge in [-0.2, -0.15) is 0 Å². The van der Waals surface area contributed by atoms with Crippen LogP contribution in [0.15, 0.2) is 12.2 Å². The highest BCUT2D eigenvalue weighted by atomic mass is 16.4. The van der Waals surface area contributed by atoms with Gasteiger partial charge in [-0.05, 0) is 31.6 Å². The van der Waals surface area contributed by atoms with Crippen molar-refractivity contribution in [2.24, 2.45) is 17.3 Å². The Morgan fingerprint density at radius 3 is 1.96 bits per heavy atom. The number of allylic oxidation sites excluding steroid dienone is 2. The molecule has 0 aromatic rings. The zero-order valence-corrected chi connectivity index (χ0v) is 16.0. The van der Waals surface area contributed by atoms with Crippen molar-refractivity contribution in [2.45, 2.75) is 90.9 Å². The van der Waals surface area contributed by atoms with E-state index < -0.39 is 23.3 Å². The SMILES string of the molecule is CCCCCCC1C=CC(C(CCCCCC)(C(=O)O)C(=O)O)CC1. The largest absolute Gasteiger partial charge is 0.480 e. The molecule has 0 amide bonds. The van der Waals surface area contributed by atoms with Crippen LogP contribution in [0.25, 0.3) is 0 Å². The summed E-state index contributed by atoms with van der Waals surface area (Å²) in [7, 11) is 0. The van der Waals surface area contributed by atoms with Gasteiger partial charge in [0.15, 0.2) is 5.41 Å². The maximum absolute atomic E-state index is 11.9. The summed E-state index contributed by atoms with van der Waals surface area (Å²) < 4.78 is 0. The van der Waals surface area contributed by atoms with Crippen LogP contribution in [0.3, 0.4) is 0 Å². The van der Waals surface area contributed by atoms with Crippen molar-refractivity contribution < 1.29 is 19.8 Å². The summed E-state index contributed by atoms with van der Waals surface area (Å²) in [5.74, 6) is -2.26. The van der Waals surface area contributed by atoms with E-state index in [0.29, 0.717) is 18.8 Å². The first-order valence-corrected chi connectivity index (χ1v) is 10.1. The second-order valence-electron chi connectivity index (χ2n) is 7.57. The molecule has 0 aromatic carbocycles. The number of carbonyl (C=O) groups is 2. The Morgan fingerprint density at radius 2 is 1.48 bits per heavy atom. The van der Waals surface area contributed by atoms with Crippen molar-refractivity contribution in [3.05, 3.63) is 12.2 Å². The summed E-state index contributed by atoms with van der Waals surface area (Å²) in [5.41, 5.74) is -1.66. The van der Waals surface area contributed by atoms with Gasteiger partial charge in [0, 0.05) is 5.92 Å². The van der Waals surface area contributed by atoms with E-state index in [4.69, 9.17) is 0 Å². The van der Waals surface area contributed by atoms with Crippen molar-refractivity contribution in [1.29, 1.82) is 0 Å². The van der Waals surface area contributed by atoms with Crippen LogP contribution < -0.4 is 0 Å². The van der Waals surface area contributed by atoms with Crippen LogP contribution in [0, 0.1) is 17.3 Å². The maximum Gasteiger partial charge on any atom is 0.321 e. The molecule has 2 unspecified atom stereocenters. The fraction of sp³-hybridized carbons (Fsp3) is 0.810. The molecule has 0 heterocycles. The third-order valence-electron chi connectivity index (χ3n) is 5.71. The maximum atomic E-state index is 11.9. The summed E-state index contributed by atoms with van der Waals surface area (Å²) in [5, 5.41) is 19.5. The molecule has 144 valence electrons. The first-order chi connectivity index (χ1) is 12.0. The van der Waals surface area contributed by atoms with Gasteiger partial charge in [-0.15, -0.1) is 0 Å². The zero-order chi connectivity index (χ0) is 18.7. The second-order valence-corrected chi connectivity index (χ2v) is 7.57. The minimum atomic E-state index is -1.66. The molecule has 1 rings (SSSR count). The number of hydrogen-bond acceptors (Lipinski definition) is 2. The molecule has 4 heteroatoms. The van der Waals surface area contributed by atoms with Gasteiger partial charge < -0.3 is 10.2 Å². The third-order valence-corrected chi connectivity index (χ3v) is 5.71. The van der Waals surface area contributed by atoms with Gasteiger partial charge in [-0.3, -0.25) is 9.59 Å². The zero-order valence-electron chi connectivity index (χ0n) is 16.0. The molecule has 0 aliphatic heterocycles. The molecular weight excluding hydrogens is 316 g/mol. The predicted molar refractivity (Wildman–Crippen MR) is 101 cm³/mol. The van der Waals surface area contributed by atoms with Crippen molar-refractivity contribution in [1.82, 2.24) is 0 Å². The van der Waals surface area contributed by atoms with E-state index in [1.807, 2.05) is 6.08 Å². The van der Waals surface area contributed by atoms with E-state index in [1.54, 1.807) is 0 Å². The number of carboxylic acids is 2. The van der Waals surface area contributed by atoms with E-state index in [9.17, 15) is 19.8 Å². The van der Waals surface area contributed by atoms with E-state index >= 15 is 0 Å². The summed E-state index contributed by atoms with van der Waals surface area (Å²) in [6.45, 7) is 4.29. The standard InChI is InChI=1S/C21H36O4/c1-3-5-7-9-11-17-12-14-18(15-13-17)21(19(22)23,20(24)25)16-10-8-6-4-2/h12,14,17-18H,3-11,13,15-16H2,1-2H3,(H,22,23)(H,24,25). The summed E-state index contributed by atoms with van der Waals surface area (Å²) >= 11 is 0. The average molecular weight is 353 g/mol. The van der Waals surface area contributed by atoms with Crippen LogP contribution in [0.4, 0.5) is 0 Å². The summed E-state index contributed by atoms with van der Waals surface area (Å²) in [6, 6.07) is 0. The Kier molecular flexibility index (Phi) is 9.84. The normalized spacial score (nSPS) is 20.6. The number of unbranched alkanes of at least 4 members (excludes halogenated alkanes) is 6. The Bertz CT molecular complexity index is 427. The second kappa shape index (κ2) is 11.3. The lowest BCUT2D eigenvalue weighted by atomic mass is 9.67. The molecule has 25 heavy (non-hydrogen) atoms. The van der Waals surface area contributed by atoms with Gasteiger partial charge in [-0.25, -0.2) is 0 Å². The topological polar surface area (TPSA) is 74.6 Å². The first kappa shape index (κ1) is 21.7. The van der Waals surface area contributed by atoms with Crippen LogP contribution in [-0.4, -0.2) is 22.2 Å². The molecule has 2 N–H and O–H groups in total. The highest BCUT2D eigenvalue weighted by molar-refractivity contribution is 5.98.